The van der Waals surface area contributed by atoms with Crippen molar-refractivity contribution in [2.45, 2.75) is 25.4 Å². The molecule has 0 spiro atoms. The first-order valence-corrected chi connectivity index (χ1v) is 4.90. The zero-order valence-electron chi connectivity index (χ0n) is 7.46. The summed E-state index contributed by atoms with van der Waals surface area (Å²) in [4.78, 5) is 0. The molecule has 2 heteroatoms. The Morgan fingerprint density at radius 2 is 2.15 bits per heavy atom. The Hall–Kier alpha value is -1.02. The van der Waals surface area contributed by atoms with Gasteiger partial charge in [0.05, 0.1) is 0 Å². The van der Waals surface area contributed by atoms with E-state index < -0.39 is 0 Å². The fraction of sp³-hybridized carbons (Fsp3) is 0.455. The molecule has 1 unspecified atom stereocenters. The molecule has 0 radical (unpaired) electrons. The van der Waals surface area contributed by atoms with Gasteiger partial charge in [0, 0.05) is 18.2 Å². The highest BCUT2D eigenvalue weighted by Gasteiger charge is 2.37. The van der Waals surface area contributed by atoms with E-state index in [1.807, 2.05) is 6.07 Å². The maximum absolute atomic E-state index is 9.74. The average molecular weight is 175 g/mol. The molecule has 0 saturated heterocycles. The van der Waals surface area contributed by atoms with Gasteiger partial charge < -0.3 is 10.4 Å². The highest BCUT2D eigenvalue weighted by Crippen LogP contribution is 2.47. The Labute approximate surface area is 77.6 Å². The van der Waals surface area contributed by atoms with Gasteiger partial charge in [0.1, 0.15) is 5.75 Å². The van der Waals surface area contributed by atoms with Gasteiger partial charge in [-0.2, -0.15) is 0 Å². The van der Waals surface area contributed by atoms with Crippen LogP contribution in [0.1, 0.15) is 30.0 Å². The van der Waals surface area contributed by atoms with Crippen LogP contribution in [0.5, 0.6) is 5.75 Å². The van der Waals surface area contributed by atoms with Crippen molar-refractivity contribution in [3.8, 4) is 5.75 Å². The van der Waals surface area contributed by atoms with Crippen molar-refractivity contribution < 1.29 is 5.11 Å². The maximum atomic E-state index is 9.74. The molecule has 0 amide bonds. The minimum absolute atomic E-state index is 0.427. The topological polar surface area (TPSA) is 32.3 Å². The minimum atomic E-state index is 0.427. The van der Waals surface area contributed by atoms with Crippen LogP contribution < -0.4 is 5.32 Å². The molecule has 68 valence electrons. The van der Waals surface area contributed by atoms with Gasteiger partial charge in [0.15, 0.2) is 0 Å². The van der Waals surface area contributed by atoms with Gasteiger partial charge in [-0.15, -0.1) is 0 Å². The number of benzene rings is 1. The molecule has 2 N–H and O–H groups in total. The second-order valence-electron chi connectivity index (χ2n) is 4.05. The average Bonchev–Trinajstić information content (AvgIpc) is 2.87. The van der Waals surface area contributed by atoms with Crippen molar-refractivity contribution >= 4 is 0 Å². The number of hydrogen-bond acceptors (Lipinski definition) is 2. The zero-order chi connectivity index (χ0) is 8.84. The van der Waals surface area contributed by atoms with Crippen LogP contribution in [0.4, 0.5) is 0 Å². The van der Waals surface area contributed by atoms with E-state index >= 15 is 0 Å². The Morgan fingerprint density at radius 3 is 2.92 bits per heavy atom. The Kier molecular flexibility index (Phi) is 1.41. The number of hydrogen-bond donors (Lipinski definition) is 2. The van der Waals surface area contributed by atoms with Gasteiger partial charge in [-0.3, -0.25) is 0 Å². The van der Waals surface area contributed by atoms with Gasteiger partial charge in [-0.25, -0.2) is 0 Å². The molecule has 2 aliphatic rings. The summed E-state index contributed by atoms with van der Waals surface area (Å²) in [7, 11) is 0. The molecule has 2 nitrogen and oxygen atoms in total. The first kappa shape index (κ1) is 7.39. The molecule has 0 aromatic heterocycles. The van der Waals surface area contributed by atoms with Crippen molar-refractivity contribution in [1.29, 1.82) is 0 Å². The first-order chi connectivity index (χ1) is 6.36. The number of rotatable bonds is 1. The van der Waals surface area contributed by atoms with Crippen molar-refractivity contribution in [2.24, 2.45) is 5.92 Å². The predicted molar refractivity (Wildman–Crippen MR) is 50.4 cm³/mol. The molecule has 0 bridgehead atoms. The molecule has 1 aliphatic heterocycles. The third-order valence-corrected chi connectivity index (χ3v) is 3.09. The molecule has 1 aliphatic carbocycles. The van der Waals surface area contributed by atoms with E-state index in [0.717, 1.165) is 18.0 Å². The van der Waals surface area contributed by atoms with Gasteiger partial charge in [-0.05, 0) is 30.4 Å². The van der Waals surface area contributed by atoms with Crippen LogP contribution >= 0.6 is 0 Å². The van der Waals surface area contributed by atoms with Crippen LogP contribution in [0.25, 0.3) is 0 Å². The third kappa shape index (κ3) is 1.05. The van der Waals surface area contributed by atoms with E-state index in [4.69, 9.17) is 0 Å². The number of phenolic OH excluding ortho intramolecular Hbond substituents is 1. The number of aromatic hydroxyl groups is 1. The quantitative estimate of drug-likeness (QED) is 0.683. The summed E-state index contributed by atoms with van der Waals surface area (Å²) in [5.41, 5.74) is 2.43. The Morgan fingerprint density at radius 1 is 1.31 bits per heavy atom. The van der Waals surface area contributed by atoms with Crippen LogP contribution in [0.3, 0.4) is 0 Å². The van der Waals surface area contributed by atoms with Crippen LogP contribution in [-0.2, 0) is 6.54 Å². The van der Waals surface area contributed by atoms with Crippen LogP contribution in [0, 0.1) is 5.92 Å². The lowest BCUT2D eigenvalue weighted by molar-refractivity contribution is 0.447. The first-order valence-electron chi connectivity index (χ1n) is 4.90. The molecular formula is C11H13NO. The number of nitrogens with one attached hydrogen (secondary N) is 1. The molecule has 3 rings (SSSR count). The molecule has 1 atom stereocenters. The van der Waals surface area contributed by atoms with Crippen LogP contribution in [0.15, 0.2) is 18.2 Å². The molecule has 1 aromatic carbocycles. The van der Waals surface area contributed by atoms with Crippen LogP contribution in [-0.4, -0.2) is 5.11 Å². The minimum Gasteiger partial charge on any atom is -0.508 e. The Bertz CT molecular complexity index is 344. The van der Waals surface area contributed by atoms with Crippen molar-refractivity contribution in [2.75, 3.05) is 0 Å². The zero-order valence-corrected chi connectivity index (χ0v) is 7.46. The second kappa shape index (κ2) is 2.48. The highest BCUT2D eigenvalue weighted by molar-refractivity contribution is 5.45. The summed E-state index contributed by atoms with van der Waals surface area (Å²) in [5.74, 6) is 1.24. The maximum Gasteiger partial charge on any atom is 0.120 e. The normalized spacial score (nSPS) is 26.0. The predicted octanol–water partition coefficient (Wildman–Crippen LogP) is 1.95. The van der Waals surface area contributed by atoms with Gasteiger partial charge in [0.25, 0.3) is 0 Å². The van der Waals surface area contributed by atoms with Crippen LogP contribution in [0.2, 0.25) is 0 Å². The fourth-order valence-corrected chi connectivity index (χ4v) is 2.27. The SMILES string of the molecule is Oc1cccc2c1C(C1CC1)NC2. The Balaban J connectivity index is 2.07. The van der Waals surface area contributed by atoms with Crippen molar-refractivity contribution in [3.05, 3.63) is 29.3 Å². The molecule has 1 aromatic rings. The van der Waals surface area contributed by atoms with Crippen molar-refractivity contribution in [1.82, 2.24) is 5.32 Å². The van der Waals surface area contributed by atoms with E-state index in [2.05, 4.69) is 11.4 Å². The summed E-state index contributed by atoms with van der Waals surface area (Å²) in [6.07, 6.45) is 2.62. The number of phenols is 1. The lowest BCUT2D eigenvalue weighted by atomic mass is 10.0. The summed E-state index contributed by atoms with van der Waals surface area (Å²) in [5, 5.41) is 13.2. The van der Waals surface area contributed by atoms with E-state index in [-0.39, 0.29) is 0 Å². The fourth-order valence-electron chi connectivity index (χ4n) is 2.27. The van der Waals surface area contributed by atoms with E-state index in [9.17, 15) is 5.11 Å². The van der Waals surface area contributed by atoms with E-state index in [1.54, 1.807) is 6.07 Å². The molecule has 13 heavy (non-hydrogen) atoms. The van der Waals surface area contributed by atoms with Crippen molar-refractivity contribution in [3.63, 3.8) is 0 Å². The summed E-state index contributed by atoms with van der Waals surface area (Å²) in [6, 6.07) is 6.24. The van der Waals surface area contributed by atoms with E-state index in [0.29, 0.717) is 11.8 Å². The molecule has 1 heterocycles. The van der Waals surface area contributed by atoms with Gasteiger partial charge >= 0.3 is 0 Å². The largest absolute Gasteiger partial charge is 0.508 e. The monoisotopic (exact) mass is 175 g/mol. The van der Waals surface area contributed by atoms with E-state index in [1.165, 1.54) is 18.4 Å². The molecule has 1 saturated carbocycles. The molecule has 1 fully saturated rings. The molecular weight excluding hydrogens is 162 g/mol. The summed E-state index contributed by atoms with van der Waals surface area (Å²) >= 11 is 0. The lowest BCUT2D eigenvalue weighted by Crippen LogP contribution is -2.13. The smallest absolute Gasteiger partial charge is 0.120 e. The van der Waals surface area contributed by atoms with Gasteiger partial charge in [-0.1, -0.05) is 12.1 Å². The second-order valence-corrected chi connectivity index (χ2v) is 4.05. The lowest BCUT2D eigenvalue weighted by Gasteiger charge is -2.11. The third-order valence-electron chi connectivity index (χ3n) is 3.09. The summed E-state index contributed by atoms with van der Waals surface area (Å²) in [6.45, 7) is 0.922. The van der Waals surface area contributed by atoms with Gasteiger partial charge in [0.2, 0.25) is 0 Å². The standard InChI is InChI=1S/C11H13NO/c13-9-3-1-2-8-6-12-11(10(8)9)7-4-5-7/h1-3,7,11-13H,4-6H2. The summed E-state index contributed by atoms with van der Waals surface area (Å²) < 4.78 is 0. The number of fused-ring (bicyclic) bond motifs is 1. The highest BCUT2D eigenvalue weighted by atomic mass is 16.3.